The van der Waals surface area contributed by atoms with E-state index < -0.39 is 12.0 Å². The predicted molar refractivity (Wildman–Crippen MR) is 59.4 cm³/mol. The zero-order valence-corrected chi connectivity index (χ0v) is 9.05. The van der Waals surface area contributed by atoms with E-state index in [9.17, 15) is 14.3 Å². The van der Waals surface area contributed by atoms with Gasteiger partial charge in [-0.2, -0.15) is 0 Å². The topological polar surface area (TPSA) is 92.8 Å². The lowest BCUT2D eigenvalue weighted by atomic mass is 10.0. The van der Waals surface area contributed by atoms with Crippen LogP contribution in [-0.2, 0) is 4.79 Å². The van der Waals surface area contributed by atoms with E-state index in [2.05, 4.69) is 0 Å². The van der Waals surface area contributed by atoms with Crippen LogP contribution in [0.2, 0.25) is 0 Å². The SMILES string of the molecule is COc1ccc(C(=CF)C(N)C(=O)O)cc1O. The molecule has 0 saturated carbocycles. The third kappa shape index (κ3) is 2.73. The molecule has 0 aliphatic rings. The Morgan fingerprint density at radius 3 is 2.65 bits per heavy atom. The second-order valence-electron chi connectivity index (χ2n) is 3.27. The van der Waals surface area contributed by atoms with E-state index in [1.807, 2.05) is 0 Å². The molecule has 5 nitrogen and oxygen atoms in total. The number of aliphatic carboxylic acids is 1. The molecule has 1 unspecified atom stereocenters. The van der Waals surface area contributed by atoms with Crippen molar-refractivity contribution in [3.63, 3.8) is 0 Å². The second kappa shape index (κ2) is 5.31. The minimum Gasteiger partial charge on any atom is -0.504 e. The number of methoxy groups -OCH3 is 1. The number of carboxylic acids is 1. The van der Waals surface area contributed by atoms with Crippen LogP contribution in [0.5, 0.6) is 11.5 Å². The Morgan fingerprint density at radius 2 is 2.24 bits per heavy atom. The number of aromatic hydroxyl groups is 1. The molecule has 1 atom stereocenters. The van der Waals surface area contributed by atoms with E-state index in [0.29, 0.717) is 0 Å². The number of hydrogen-bond acceptors (Lipinski definition) is 4. The summed E-state index contributed by atoms with van der Waals surface area (Å²) in [6.45, 7) is 0. The highest BCUT2D eigenvalue weighted by Gasteiger charge is 2.20. The van der Waals surface area contributed by atoms with Crippen molar-refractivity contribution in [2.45, 2.75) is 6.04 Å². The molecule has 4 N–H and O–H groups in total. The number of hydrogen-bond donors (Lipinski definition) is 3. The third-order valence-corrected chi connectivity index (χ3v) is 2.23. The Balaban J connectivity index is 3.15. The zero-order valence-electron chi connectivity index (χ0n) is 9.05. The third-order valence-electron chi connectivity index (χ3n) is 2.23. The first-order valence-electron chi connectivity index (χ1n) is 4.67. The molecule has 17 heavy (non-hydrogen) atoms. The van der Waals surface area contributed by atoms with Crippen LogP contribution in [-0.4, -0.2) is 29.3 Å². The largest absolute Gasteiger partial charge is 0.504 e. The van der Waals surface area contributed by atoms with Crippen molar-refractivity contribution in [3.8, 4) is 11.5 Å². The van der Waals surface area contributed by atoms with Gasteiger partial charge in [-0.25, -0.2) is 4.39 Å². The van der Waals surface area contributed by atoms with Crippen molar-refractivity contribution in [1.82, 2.24) is 0 Å². The first-order valence-corrected chi connectivity index (χ1v) is 4.67. The summed E-state index contributed by atoms with van der Waals surface area (Å²) in [5.41, 5.74) is 5.26. The fraction of sp³-hybridized carbons (Fsp3) is 0.182. The van der Waals surface area contributed by atoms with Crippen LogP contribution in [0.1, 0.15) is 5.56 Å². The summed E-state index contributed by atoms with van der Waals surface area (Å²) in [6, 6.07) is 2.50. The van der Waals surface area contributed by atoms with Gasteiger partial charge in [-0.1, -0.05) is 6.07 Å². The molecule has 1 rings (SSSR count). The highest BCUT2D eigenvalue weighted by Crippen LogP contribution is 2.30. The van der Waals surface area contributed by atoms with E-state index in [-0.39, 0.29) is 29.0 Å². The molecule has 0 radical (unpaired) electrons. The van der Waals surface area contributed by atoms with Crippen LogP contribution < -0.4 is 10.5 Å². The summed E-state index contributed by atoms with van der Waals surface area (Å²) in [5.74, 6) is -1.37. The Morgan fingerprint density at radius 1 is 1.59 bits per heavy atom. The smallest absolute Gasteiger partial charge is 0.325 e. The van der Waals surface area contributed by atoms with Crippen molar-refractivity contribution in [2.24, 2.45) is 5.73 Å². The maximum absolute atomic E-state index is 12.6. The number of carbonyl (C=O) groups is 1. The minimum absolute atomic E-state index is 0.111. The molecular weight excluding hydrogens is 229 g/mol. The maximum atomic E-state index is 12.6. The molecule has 0 heterocycles. The molecule has 0 aliphatic carbocycles. The van der Waals surface area contributed by atoms with Crippen molar-refractivity contribution < 1.29 is 24.1 Å². The van der Waals surface area contributed by atoms with Crippen LogP contribution in [0.4, 0.5) is 4.39 Å². The number of halogens is 1. The van der Waals surface area contributed by atoms with Gasteiger partial charge >= 0.3 is 5.97 Å². The van der Waals surface area contributed by atoms with Crippen molar-refractivity contribution >= 4 is 11.5 Å². The van der Waals surface area contributed by atoms with Gasteiger partial charge in [-0.3, -0.25) is 4.79 Å². The molecule has 0 bridgehead atoms. The van der Waals surface area contributed by atoms with Crippen LogP contribution in [0.3, 0.4) is 0 Å². The first kappa shape index (κ1) is 13.0. The fourth-order valence-corrected chi connectivity index (χ4v) is 1.31. The molecule has 6 heteroatoms. The lowest BCUT2D eigenvalue weighted by Gasteiger charge is -2.12. The molecule has 1 aromatic rings. The van der Waals surface area contributed by atoms with Gasteiger partial charge in [0.25, 0.3) is 0 Å². The molecule has 0 amide bonds. The number of phenols is 1. The Labute approximate surface area is 96.9 Å². The van der Waals surface area contributed by atoms with Crippen molar-refractivity contribution in [1.29, 1.82) is 0 Å². The summed E-state index contributed by atoms with van der Waals surface area (Å²) < 4.78 is 17.5. The van der Waals surface area contributed by atoms with Crippen molar-refractivity contribution in [3.05, 3.63) is 30.1 Å². The average Bonchev–Trinajstić information content (AvgIpc) is 2.30. The average molecular weight is 241 g/mol. The van der Waals surface area contributed by atoms with Crippen molar-refractivity contribution in [2.75, 3.05) is 7.11 Å². The first-order chi connectivity index (χ1) is 8.01. The summed E-state index contributed by atoms with van der Waals surface area (Å²) >= 11 is 0. The number of rotatable bonds is 4. The normalized spacial score (nSPS) is 13.2. The fourth-order valence-electron chi connectivity index (χ4n) is 1.31. The summed E-state index contributed by atoms with van der Waals surface area (Å²) in [6.07, 6.45) is 0.111. The van der Waals surface area contributed by atoms with Gasteiger partial charge in [0.2, 0.25) is 0 Å². The van der Waals surface area contributed by atoms with Gasteiger partial charge < -0.3 is 20.7 Å². The molecular formula is C11H12FNO4. The van der Waals surface area contributed by atoms with Gasteiger partial charge in [0.15, 0.2) is 11.5 Å². The summed E-state index contributed by atoms with van der Waals surface area (Å²) in [5, 5.41) is 18.2. The monoisotopic (exact) mass is 241 g/mol. The summed E-state index contributed by atoms with van der Waals surface area (Å²) in [7, 11) is 1.36. The van der Waals surface area contributed by atoms with Crippen LogP contribution in [0.25, 0.3) is 5.57 Å². The Bertz CT molecular complexity index is 459. The van der Waals surface area contributed by atoms with E-state index in [1.54, 1.807) is 0 Å². The quantitative estimate of drug-likeness (QED) is 0.734. The molecule has 0 fully saturated rings. The highest BCUT2D eigenvalue weighted by atomic mass is 19.1. The summed E-state index contributed by atoms with van der Waals surface area (Å²) in [4.78, 5) is 10.7. The lowest BCUT2D eigenvalue weighted by Crippen LogP contribution is -2.31. The van der Waals surface area contributed by atoms with Crippen LogP contribution in [0.15, 0.2) is 24.5 Å². The van der Waals surface area contributed by atoms with Gasteiger partial charge in [-0.05, 0) is 17.7 Å². The van der Waals surface area contributed by atoms with Crippen LogP contribution >= 0.6 is 0 Å². The standard InChI is InChI=1S/C11H12FNO4/c1-17-9-3-2-6(4-8(9)14)7(5-12)10(13)11(15)16/h2-5,10,14H,13H2,1H3,(H,15,16). The number of carboxylic acid groups (broad SMARTS) is 1. The van der Waals surface area contributed by atoms with E-state index in [4.69, 9.17) is 15.6 Å². The molecule has 0 saturated heterocycles. The Kier molecular flexibility index (Phi) is 4.06. The zero-order chi connectivity index (χ0) is 13.0. The van der Waals surface area contributed by atoms with E-state index >= 15 is 0 Å². The van der Waals surface area contributed by atoms with Gasteiger partial charge in [0.05, 0.1) is 13.4 Å². The van der Waals surface area contributed by atoms with E-state index in [0.717, 1.165) is 0 Å². The molecule has 0 aliphatic heterocycles. The van der Waals surface area contributed by atoms with E-state index in [1.165, 1.54) is 25.3 Å². The number of nitrogens with two attached hydrogens (primary N) is 1. The lowest BCUT2D eigenvalue weighted by molar-refractivity contribution is -0.137. The molecule has 1 aromatic carbocycles. The number of phenolic OH excluding ortho intramolecular Hbond substituents is 1. The van der Waals surface area contributed by atoms with Gasteiger partial charge in [0, 0.05) is 5.57 Å². The van der Waals surface area contributed by atoms with Crippen LogP contribution in [0, 0.1) is 0 Å². The second-order valence-corrected chi connectivity index (χ2v) is 3.27. The molecule has 0 aromatic heterocycles. The molecule has 92 valence electrons. The van der Waals surface area contributed by atoms with Gasteiger partial charge in [0.1, 0.15) is 6.04 Å². The Hall–Kier alpha value is -2.08. The highest BCUT2D eigenvalue weighted by molar-refractivity contribution is 5.91. The number of ether oxygens (including phenoxy) is 1. The van der Waals surface area contributed by atoms with Gasteiger partial charge in [-0.15, -0.1) is 0 Å². The predicted octanol–water partition coefficient (Wildman–Crippen LogP) is 1.12. The molecule has 0 spiro atoms. The number of benzene rings is 1. The maximum Gasteiger partial charge on any atom is 0.325 e. The minimum atomic E-state index is -1.49.